The predicted octanol–water partition coefficient (Wildman–Crippen LogP) is 4.13. The lowest BCUT2D eigenvalue weighted by molar-refractivity contribution is 0.0903. The second kappa shape index (κ2) is 8.20. The van der Waals surface area contributed by atoms with Crippen molar-refractivity contribution < 1.29 is 35.5 Å². The summed E-state index contributed by atoms with van der Waals surface area (Å²) < 4.78 is 95.1. The monoisotopic (exact) mass is 459 g/mol. The van der Waals surface area contributed by atoms with E-state index < -0.39 is 75.0 Å². The van der Waals surface area contributed by atoms with Gasteiger partial charge in [0.15, 0.2) is 16.0 Å². The van der Waals surface area contributed by atoms with Crippen LogP contribution >= 0.6 is 0 Å². The number of halogens is 5. The molecule has 1 aliphatic rings. The molecule has 0 saturated carbocycles. The minimum absolute atomic E-state index is 0.00435. The smallest absolute Gasteiger partial charge is 0.178 e. The Bertz CT molecular complexity index is 1190. The fourth-order valence-corrected chi connectivity index (χ4v) is 5.02. The van der Waals surface area contributed by atoms with E-state index in [0.29, 0.717) is 6.26 Å². The first kappa shape index (κ1) is 23.2. The Hall–Kier alpha value is -2.51. The van der Waals surface area contributed by atoms with E-state index in [0.717, 1.165) is 25.1 Å². The van der Waals surface area contributed by atoms with Crippen LogP contribution in [-0.4, -0.2) is 32.1 Å². The zero-order valence-electron chi connectivity index (χ0n) is 16.5. The predicted molar refractivity (Wildman–Crippen MR) is 101 cm³/mol. The lowest BCUT2D eigenvalue weighted by Gasteiger charge is -2.19. The zero-order chi connectivity index (χ0) is 23.2. The number of hydrogen-bond donors (Lipinski definition) is 1. The van der Waals surface area contributed by atoms with Crippen molar-refractivity contribution in [1.29, 1.82) is 5.26 Å². The zero-order valence-corrected chi connectivity index (χ0v) is 17.3. The van der Waals surface area contributed by atoms with Crippen LogP contribution in [0.1, 0.15) is 52.6 Å². The summed E-state index contributed by atoms with van der Waals surface area (Å²) in [5, 5.41) is 19.5. The van der Waals surface area contributed by atoms with E-state index in [9.17, 15) is 40.7 Å². The molecule has 10 heteroatoms. The van der Waals surface area contributed by atoms with E-state index >= 15 is 0 Å². The molecule has 4 nitrogen and oxygen atoms in total. The highest BCUT2D eigenvalue weighted by Crippen LogP contribution is 2.42. The number of sulfone groups is 1. The average molecular weight is 459 g/mol. The van der Waals surface area contributed by atoms with Crippen LogP contribution in [0.15, 0.2) is 23.1 Å². The summed E-state index contributed by atoms with van der Waals surface area (Å²) in [6.45, 7) is 0.910. The van der Waals surface area contributed by atoms with E-state index in [1.54, 1.807) is 6.07 Å². The molecule has 0 fully saturated rings. The summed E-state index contributed by atoms with van der Waals surface area (Å²) in [6.07, 6.45) is -8.27. The lowest BCUT2D eigenvalue weighted by Crippen LogP contribution is -2.13. The van der Waals surface area contributed by atoms with E-state index in [2.05, 4.69) is 0 Å². The molecule has 4 atom stereocenters. The molecule has 0 aliphatic heterocycles. The fourth-order valence-electron chi connectivity index (χ4n) is 3.96. The number of rotatable bonds is 5. The highest BCUT2D eigenvalue weighted by Gasteiger charge is 2.39. The van der Waals surface area contributed by atoms with Crippen molar-refractivity contribution in [2.45, 2.75) is 49.3 Å². The highest BCUT2D eigenvalue weighted by atomic mass is 32.2. The third-order valence-electron chi connectivity index (χ3n) is 5.32. The molecule has 31 heavy (non-hydrogen) atoms. The first-order chi connectivity index (χ1) is 14.4. The van der Waals surface area contributed by atoms with Gasteiger partial charge >= 0.3 is 0 Å². The van der Waals surface area contributed by atoms with Crippen LogP contribution in [0.25, 0.3) is 0 Å². The topological polar surface area (TPSA) is 78.2 Å². The van der Waals surface area contributed by atoms with E-state index in [1.807, 2.05) is 0 Å². The molecule has 0 aromatic heterocycles. The van der Waals surface area contributed by atoms with Gasteiger partial charge < -0.3 is 5.11 Å². The molecule has 3 rings (SSSR count). The van der Waals surface area contributed by atoms with E-state index in [1.165, 1.54) is 0 Å². The Balaban J connectivity index is 2.27. The van der Waals surface area contributed by atoms with E-state index in [-0.39, 0.29) is 22.3 Å². The minimum atomic E-state index is -4.17. The standard InChI is InChI=1S/C21H18F5NO3S/c1-9(22)19(26)15-6-12(23)3-11(8-27)13(15)4-10-5-17(25)21(31(2,29)30)18-14(10)7-16(24)20(18)28/h3,5-6,9,16,19-20,28H,4,7H2,1-2H3. The molecule has 0 spiro atoms. The summed E-state index contributed by atoms with van der Waals surface area (Å²) in [4.78, 5) is -0.834. The molecule has 0 amide bonds. The van der Waals surface area contributed by atoms with Gasteiger partial charge in [0.1, 0.15) is 35.0 Å². The largest absolute Gasteiger partial charge is 0.385 e. The number of aliphatic hydroxyl groups is 1. The summed E-state index contributed by atoms with van der Waals surface area (Å²) in [5.41, 5.74) is -1.35. The molecule has 1 aliphatic carbocycles. The Morgan fingerprint density at radius 3 is 2.45 bits per heavy atom. The fraction of sp³-hybridized carbons (Fsp3) is 0.381. The molecular weight excluding hydrogens is 441 g/mol. The van der Waals surface area contributed by atoms with Gasteiger partial charge in [-0.3, -0.25) is 0 Å². The second-order valence-corrected chi connectivity index (χ2v) is 9.52. The van der Waals surface area contributed by atoms with Crippen LogP contribution in [0.3, 0.4) is 0 Å². The normalized spacial score (nSPS) is 20.2. The van der Waals surface area contributed by atoms with Gasteiger partial charge in [-0.15, -0.1) is 0 Å². The first-order valence-electron chi connectivity index (χ1n) is 9.23. The number of benzene rings is 2. The van der Waals surface area contributed by atoms with Crippen LogP contribution in [0.5, 0.6) is 0 Å². The molecule has 2 aromatic rings. The molecular formula is C21H18F5NO3S. The van der Waals surface area contributed by atoms with Gasteiger partial charge in [-0.2, -0.15) is 5.26 Å². The number of hydrogen-bond acceptors (Lipinski definition) is 4. The first-order valence-corrected chi connectivity index (χ1v) is 11.1. The van der Waals surface area contributed by atoms with Crippen LogP contribution < -0.4 is 0 Å². The molecule has 1 N–H and O–H groups in total. The van der Waals surface area contributed by atoms with Crippen molar-refractivity contribution in [3.05, 3.63) is 63.2 Å². The Kier molecular flexibility index (Phi) is 6.13. The Morgan fingerprint density at radius 2 is 1.90 bits per heavy atom. The van der Waals surface area contributed by atoms with Crippen molar-refractivity contribution in [3.8, 4) is 6.07 Å². The quantitative estimate of drug-likeness (QED) is 0.683. The van der Waals surface area contributed by atoms with Crippen molar-refractivity contribution in [3.63, 3.8) is 0 Å². The van der Waals surface area contributed by atoms with Gasteiger partial charge in [-0.25, -0.2) is 30.4 Å². The molecule has 0 bridgehead atoms. The number of alkyl halides is 3. The highest BCUT2D eigenvalue weighted by molar-refractivity contribution is 7.90. The van der Waals surface area contributed by atoms with Gasteiger partial charge in [0.05, 0.1) is 11.6 Å². The van der Waals surface area contributed by atoms with E-state index in [4.69, 9.17) is 0 Å². The SMILES string of the molecule is CC(F)C(F)c1cc(F)cc(C#N)c1Cc1cc(F)c(S(C)(=O)=O)c2c1CC(F)C2O. The molecule has 2 aromatic carbocycles. The maximum atomic E-state index is 14.8. The lowest BCUT2D eigenvalue weighted by atomic mass is 9.89. The van der Waals surface area contributed by atoms with Gasteiger partial charge in [-0.05, 0) is 53.8 Å². The van der Waals surface area contributed by atoms with Crippen molar-refractivity contribution in [2.75, 3.05) is 6.26 Å². The molecule has 0 radical (unpaired) electrons. The van der Waals surface area contributed by atoms with Crippen LogP contribution in [0, 0.1) is 23.0 Å². The minimum Gasteiger partial charge on any atom is -0.385 e. The van der Waals surface area contributed by atoms with Gasteiger partial charge in [0.2, 0.25) is 0 Å². The number of fused-ring (bicyclic) bond motifs is 1. The van der Waals surface area contributed by atoms with Crippen molar-refractivity contribution >= 4 is 9.84 Å². The maximum absolute atomic E-state index is 14.8. The van der Waals surface area contributed by atoms with Crippen LogP contribution in [0.2, 0.25) is 0 Å². The van der Waals surface area contributed by atoms with Crippen molar-refractivity contribution in [1.82, 2.24) is 0 Å². The maximum Gasteiger partial charge on any atom is 0.178 e. The third-order valence-corrected chi connectivity index (χ3v) is 6.48. The summed E-state index contributed by atoms with van der Waals surface area (Å²) in [7, 11) is -4.17. The van der Waals surface area contributed by atoms with Crippen LogP contribution in [0.4, 0.5) is 22.0 Å². The molecule has 4 unspecified atom stereocenters. The summed E-state index contributed by atoms with van der Waals surface area (Å²) >= 11 is 0. The Labute approximate surface area is 175 Å². The number of nitriles is 1. The van der Waals surface area contributed by atoms with Crippen LogP contribution in [-0.2, 0) is 22.7 Å². The van der Waals surface area contributed by atoms with Crippen molar-refractivity contribution in [2.24, 2.45) is 0 Å². The average Bonchev–Trinajstić information content (AvgIpc) is 2.96. The van der Waals surface area contributed by atoms with Gasteiger partial charge in [0, 0.05) is 18.2 Å². The van der Waals surface area contributed by atoms with Gasteiger partial charge in [-0.1, -0.05) is 0 Å². The third kappa shape index (κ3) is 4.16. The summed E-state index contributed by atoms with van der Waals surface area (Å²) in [6, 6.07) is 4.03. The number of aliphatic hydroxyl groups excluding tert-OH is 1. The molecule has 0 saturated heterocycles. The second-order valence-electron chi connectivity index (χ2n) is 7.57. The molecule has 166 valence electrons. The molecule has 0 heterocycles. The summed E-state index contributed by atoms with van der Waals surface area (Å²) in [5.74, 6) is -2.22. The number of nitrogens with zero attached hydrogens (tertiary/aromatic N) is 1. The van der Waals surface area contributed by atoms with Gasteiger partial charge in [0.25, 0.3) is 0 Å². The Morgan fingerprint density at radius 1 is 1.26 bits per heavy atom.